The lowest BCUT2D eigenvalue weighted by molar-refractivity contribution is -0.0499. The topological polar surface area (TPSA) is 76.7 Å². The van der Waals surface area contributed by atoms with Crippen LogP contribution in [0.1, 0.15) is 28.9 Å². The van der Waals surface area contributed by atoms with Crippen LogP contribution in [-0.2, 0) is 4.74 Å². The first kappa shape index (κ1) is 19.2. The van der Waals surface area contributed by atoms with Gasteiger partial charge in [-0.25, -0.2) is 9.59 Å². The number of hydrogen-bond donors (Lipinski definition) is 2. The van der Waals surface area contributed by atoms with Gasteiger partial charge in [-0.05, 0) is 42.8 Å². The zero-order valence-electron chi connectivity index (χ0n) is 14.2. The molecular weight excluding hydrogens is 346 g/mol. The molecule has 2 aromatic rings. The predicted molar refractivity (Wildman–Crippen MR) is 91.4 cm³/mol. The first-order valence-corrected chi connectivity index (χ1v) is 7.69. The van der Waals surface area contributed by atoms with Crippen molar-refractivity contribution in [1.82, 2.24) is 5.32 Å². The fraction of sp³-hybridized carbons (Fsp3) is 0.222. The summed E-state index contributed by atoms with van der Waals surface area (Å²) in [4.78, 5) is 23.6. The van der Waals surface area contributed by atoms with E-state index in [1.807, 2.05) is 0 Å². The molecular formula is C18H18F2N2O4. The molecule has 2 amide bonds. The number of methoxy groups -OCH3 is 1. The Morgan fingerprint density at radius 3 is 2.50 bits per heavy atom. The van der Waals surface area contributed by atoms with Gasteiger partial charge in [0.15, 0.2) is 0 Å². The van der Waals surface area contributed by atoms with Gasteiger partial charge in [0.1, 0.15) is 5.75 Å². The Bertz CT molecular complexity index is 783. The van der Waals surface area contributed by atoms with E-state index in [0.717, 1.165) is 0 Å². The lowest BCUT2D eigenvalue weighted by atomic mass is 10.1. The number of benzene rings is 2. The Labute approximate surface area is 149 Å². The Kier molecular flexibility index (Phi) is 6.48. The number of carbonyl (C=O) groups is 2. The third-order valence-corrected chi connectivity index (χ3v) is 3.47. The van der Waals surface area contributed by atoms with Gasteiger partial charge in [0.25, 0.3) is 0 Å². The Morgan fingerprint density at radius 2 is 1.81 bits per heavy atom. The van der Waals surface area contributed by atoms with E-state index in [1.165, 1.54) is 25.3 Å². The molecule has 0 bridgehead atoms. The molecule has 0 spiro atoms. The predicted octanol–water partition coefficient (Wildman–Crippen LogP) is 3.96. The summed E-state index contributed by atoms with van der Waals surface area (Å²) in [7, 11) is 1.27. The van der Waals surface area contributed by atoms with E-state index >= 15 is 0 Å². The van der Waals surface area contributed by atoms with Crippen LogP contribution in [0.25, 0.3) is 0 Å². The van der Waals surface area contributed by atoms with Crippen molar-refractivity contribution < 1.29 is 27.8 Å². The summed E-state index contributed by atoms with van der Waals surface area (Å²) in [5, 5.41) is 5.28. The molecule has 0 saturated carbocycles. The molecule has 8 heteroatoms. The summed E-state index contributed by atoms with van der Waals surface area (Å²) >= 11 is 0. The van der Waals surface area contributed by atoms with Gasteiger partial charge in [0.05, 0.1) is 18.7 Å². The second-order valence-corrected chi connectivity index (χ2v) is 5.34. The molecule has 0 fully saturated rings. The van der Waals surface area contributed by atoms with Gasteiger partial charge in [0, 0.05) is 5.69 Å². The summed E-state index contributed by atoms with van der Waals surface area (Å²) in [5.41, 5.74) is 1.31. The molecule has 0 aromatic heterocycles. The van der Waals surface area contributed by atoms with Crippen LogP contribution in [0.3, 0.4) is 0 Å². The highest BCUT2D eigenvalue weighted by molar-refractivity contribution is 5.94. The number of alkyl halides is 2. The average Bonchev–Trinajstić information content (AvgIpc) is 2.60. The van der Waals surface area contributed by atoms with Crippen LogP contribution in [0, 0.1) is 0 Å². The monoisotopic (exact) mass is 364 g/mol. The minimum Gasteiger partial charge on any atom is -0.465 e. The third kappa shape index (κ3) is 5.44. The second kappa shape index (κ2) is 8.80. The van der Waals surface area contributed by atoms with Crippen LogP contribution in [0.5, 0.6) is 5.75 Å². The molecule has 2 rings (SSSR count). The van der Waals surface area contributed by atoms with Crippen molar-refractivity contribution in [3.05, 3.63) is 59.7 Å². The Hall–Kier alpha value is -3.16. The summed E-state index contributed by atoms with van der Waals surface area (Å²) in [6.45, 7) is -1.22. The molecule has 0 heterocycles. The SMILES string of the molecule is COC(=O)c1cccc(NC(=O)NC(C)c2cccc(OC(F)F)c2)c1. The summed E-state index contributed by atoms with van der Waals surface area (Å²) in [5.74, 6) is -0.504. The largest absolute Gasteiger partial charge is 0.465 e. The fourth-order valence-electron chi connectivity index (χ4n) is 2.25. The molecule has 1 unspecified atom stereocenters. The van der Waals surface area contributed by atoms with Crippen LogP contribution in [0.15, 0.2) is 48.5 Å². The Balaban J connectivity index is 2.00. The van der Waals surface area contributed by atoms with Gasteiger partial charge >= 0.3 is 18.6 Å². The van der Waals surface area contributed by atoms with E-state index in [2.05, 4.69) is 20.1 Å². The van der Waals surface area contributed by atoms with Gasteiger partial charge < -0.3 is 20.1 Å². The maximum Gasteiger partial charge on any atom is 0.387 e. The maximum absolute atomic E-state index is 12.3. The lowest BCUT2D eigenvalue weighted by Gasteiger charge is -2.16. The molecule has 0 aliphatic carbocycles. The highest BCUT2D eigenvalue weighted by Crippen LogP contribution is 2.21. The average molecular weight is 364 g/mol. The van der Waals surface area contributed by atoms with E-state index in [4.69, 9.17) is 0 Å². The molecule has 6 nitrogen and oxygen atoms in total. The minimum atomic E-state index is -2.92. The van der Waals surface area contributed by atoms with E-state index in [9.17, 15) is 18.4 Å². The summed E-state index contributed by atoms with van der Waals surface area (Å²) < 4.78 is 33.5. The molecule has 1 atom stereocenters. The van der Waals surface area contributed by atoms with Crippen molar-refractivity contribution in [2.75, 3.05) is 12.4 Å². The van der Waals surface area contributed by atoms with Crippen molar-refractivity contribution in [2.45, 2.75) is 19.6 Å². The van der Waals surface area contributed by atoms with Crippen molar-refractivity contribution in [3.8, 4) is 5.75 Å². The van der Waals surface area contributed by atoms with Crippen molar-refractivity contribution in [3.63, 3.8) is 0 Å². The third-order valence-electron chi connectivity index (χ3n) is 3.47. The minimum absolute atomic E-state index is 0.0114. The first-order valence-electron chi connectivity index (χ1n) is 7.69. The normalized spacial score (nSPS) is 11.6. The van der Waals surface area contributed by atoms with Crippen LogP contribution in [0.4, 0.5) is 19.3 Å². The molecule has 2 N–H and O–H groups in total. The highest BCUT2D eigenvalue weighted by atomic mass is 19.3. The van der Waals surface area contributed by atoms with Crippen molar-refractivity contribution in [1.29, 1.82) is 0 Å². The van der Waals surface area contributed by atoms with Gasteiger partial charge in [-0.15, -0.1) is 0 Å². The Morgan fingerprint density at radius 1 is 1.08 bits per heavy atom. The first-order chi connectivity index (χ1) is 12.4. The van der Waals surface area contributed by atoms with Gasteiger partial charge in [0.2, 0.25) is 0 Å². The number of anilines is 1. The molecule has 0 aliphatic rings. The zero-order chi connectivity index (χ0) is 19.1. The number of rotatable bonds is 6. The summed E-state index contributed by atoms with van der Waals surface area (Å²) in [6, 6.07) is 11.4. The van der Waals surface area contributed by atoms with E-state index in [-0.39, 0.29) is 5.75 Å². The maximum atomic E-state index is 12.3. The van der Waals surface area contributed by atoms with Gasteiger partial charge in [-0.1, -0.05) is 18.2 Å². The van der Waals surface area contributed by atoms with Crippen LogP contribution < -0.4 is 15.4 Å². The number of urea groups is 1. The van der Waals surface area contributed by atoms with Crippen molar-refractivity contribution in [2.24, 2.45) is 0 Å². The van der Waals surface area contributed by atoms with E-state index in [1.54, 1.807) is 37.3 Å². The fourth-order valence-corrected chi connectivity index (χ4v) is 2.25. The molecule has 0 radical (unpaired) electrons. The van der Waals surface area contributed by atoms with Gasteiger partial charge in [-0.3, -0.25) is 0 Å². The molecule has 0 aliphatic heterocycles. The number of ether oxygens (including phenoxy) is 2. The van der Waals surface area contributed by atoms with E-state index in [0.29, 0.717) is 16.8 Å². The lowest BCUT2D eigenvalue weighted by Crippen LogP contribution is -2.31. The molecule has 0 saturated heterocycles. The zero-order valence-corrected chi connectivity index (χ0v) is 14.2. The van der Waals surface area contributed by atoms with Crippen LogP contribution in [0.2, 0.25) is 0 Å². The number of carbonyl (C=O) groups excluding carboxylic acids is 2. The van der Waals surface area contributed by atoms with Crippen LogP contribution in [-0.4, -0.2) is 25.7 Å². The highest BCUT2D eigenvalue weighted by Gasteiger charge is 2.13. The smallest absolute Gasteiger partial charge is 0.387 e. The standard InChI is InChI=1S/C18H18F2N2O4/c1-11(12-5-4-8-15(10-12)26-17(19)20)21-18(24)22-14-7-3-6-13(9-14)16(23)25-2/h3-11,17H,1-2H3,(H2,21,22,24). The number of halogens is 2. The summed E-state index contributed by atoms with van der Waals surface area (Å²) in [6.07, 6.45) is 0. The van der Waals surface area contributed by atoms with Gasteiger partial charge in [-0.2, -0.15) is 8.78 Å². The quantitative estimate of drug-likeness (QED) is 0.761. The number of hydrogen-bond acceptors (Lipinski definition) is 4. The van der Waals surface area contributed by atoms with E-state index < -0.39 is 24.7 Å². The number of amides is 2. The second-order valence-electron chi connectivity index (χ2n) is 5.34. The number of esters is 1. The van der Waals surface area contributed by atoms with Crippen LogP contribution >= 0.6 is 0 Å². The molecule has 2 aromatic carbocycles. The van der Waals surface area contributed by atoms with Crippen molar-refractivity contribution >= 4 is 17.7 Å². The molecule has 138 valence electrons. The number of nitrogens with one attached hydrogen (secondary N) is 2. The molecule has 26 heavy (non-hydrogen) atoms.